The van der Waals surface area contributed by atoms with E-state index in [0.717, 1.165) is 16.4 Å². The predicted octanol–water partition coefficient (Wildman–Crippen LogP) is 3.82. The van der Waals surface area contributed by atoms with Crippen LogP contribution in [0.25, 0.3) is 0 Å². The van der Waals surface area contributed by atoms with Gasteiger partial charge in [-0.15, -0.1) is 0 Å². The first-order chi connectivity index (χ1) is 14.0. The van der Waals surface area contributed by atoms with Gasteiger partial charge in [0, 0.05) is 35.2 Å². The van der Waals surface area contributed by atoms with Gasteiger partial charge < -0.3 is 14.4 Å². The lowest BCUT2D eigenvalue weighted by molar-refractivity contribution is -0.134. The zero-order chi connectivity index (χ0) is 20.6. The van der Waals surface area contributed by atoms with Gasteiger partial charge in [0.15, 0.2) is 0 Å². The van der Waals surface area contributed by atoms with E-state index in [4.69, 9.17) is 9.47 Å². The number of thioether (sulfide) groups is 1. The topological polar surface area (TPSA) is 64.5 Å². The second-order valence-corrected chi connectivity index (χ2v) is 8.16. The lowest BCUT2D eigenvalue weighted by atomic mass is 10.2. The van der Waals surface area contributed by atoms with Crippen molar-refractivity contribution in [3.8, 4) is 5.88 Å². The quantitative estimate of drug-likeness (QED) is 0.508. The molecule has 3 rings (SSSR count). The van der Waals surface area contributed by atoms with E-state index in [1.807, 2.05) is 48.7 Å². The largest absolute Gasteiger partial charge is 0.475 e. The zero-order valence-corrected chi connectivity index (χ0v) is 17.9. The standard InChI is InChI=1S/C22H27N3O3S/c1-16(2)22-23-17(3)13-20(24-22)28-15-18-14-25(10-11-27-18)21(26)9-12-29-19-7-5-4-6-8-19/h4-9,12-13,16,18H,10-11,14-15H2,1-3H3/b12-9+. The first-order valence-corrected chi connectivity index (χ1v) is 10.7. The van der Waals surface area contributed by atoms with Crippen LogP contribution in [-0.4, -0.2) is 53.2 Å². The number of carbonyl (C=O) groups is 1. The number of hydrogen-bond donors (Lipinski definition) is 0. The molecule has 7 heteroatoms. The summed E-state index contributed by atoms with van der Waals surface area (Å²) in [6.45, 7) is 7.96. The molecule has 1 atom stereocenters. The van der Waals surface area contributed by atoms with Crippen molar-refractivity contribution in [1.29, 1.82) is 0 Å². The normalized spacial score (nSPS) is 17.1. The molecular weight excluding hydrogens is 386 g/mol. The van der Waals surface area contributed by atoms with Gasteiger partial charge in [0.1, 0.15) is 18.5 Å². The van der Waals surface area contributed by atoms with Crippen molar-refractivity contribution in [3.05, 3.63) is 59.4 Å². The van der Waals surface area contributed by atoms with E-state index in [-0.39, 0.29) is 17.9 Å². The maximum atomic E-state index is 12.5. The van der Waals surface area contributed by atoms with E-state index in [9.17, 15) is 4.79 Å². The van der Waals surface area contributed by atoms with Crippen LogP contribution in [0.5, 0.6) is 5.88 Å². The highest BCUT2D eigenvalue weighted by atomic mass is 32.2. The summed E-state index contributed by atoms with van der Waals surface area (Å²) in [6, 6.07) is 11.8. The molecule has 1 aliphatic rings. The van der Waals surface area contributed by atoms with Crippen molar-refractivity contribution in [2.75, 3.05) is 26.3 Å². The van der Waals surface area contributed by atoms with Gasteiger partial charge in [-0.05, 0) is 24.5 Å². The van der Waals surface area contributed by atoms with Crippen LogP contribution in [0, 0.1) is 6.92 Å². The third kappa shape index (κ3) is 6.58. The fourth-order valence-corrected chi connectivity index (χ4v) is 3.52. The first-order valence-electron chi connectivity index (χ1n) is 9.78. The summed E-state index contributed by atoms with van der Waals surface area (Å²) in [7, 11) is 0. The second-order valence-electron chi connectivity index (χ2n) is 7.18. The van der Waals surface area contributed by atoms with Crippen LogP contribution in [0.4, 0.5) is 0 Å². The molecule has 1 unspecified atom stereocenters. The van der Waals surface area contributed by atoms with Crippen LogP contribution in [0.3, 0.4) is 0 Å². The van der Waals surface area contributed by atoms with Crippen LogP contribution >= 0.6 is 11.8 Å². The molecule has 1 saturated heterocycles. The Morgan fingerprint density at radius 1 is 1.34 bits per heavy atom. The molecule has 0 bridgehead atoms. The molecule has 29 heavy (non-hydrogen) atoms. The Morgan fingerprint density at radius 2 is 2.14 bits per heavy atom. The number of carbonyl (C=O) groups excluding carboxylic acids is 1. The van der Waals surface area contributed by atoms with Crippen LogP contribution in [0.15, 0.2) is 52.8 Å². The summed E-state index contributed by atoms with van der Waals surface area (Å²) in [6.07, 6.45) is 1.43. The fourth-order valence-electron chi connectivity index (χ4n) is 2.87. The minimum Gasteiger partial charge on any atom is -0.475 e. The van der Waals surface area contributed by atoms with Gasteiger partial charge in [-0.2, -0.15) is 4.98 Å². The molecule has 1 amide bonds. The summed E-state index contributed by atoms with van der Waals surface area (Å²) < 4.78 is 11.6. The van der Waals surface area contributed by atoms with Gasteiger partial charge in [0.05, 0.1) is 13.2 Å². The summed E-state index contributed by atoms with van der Waals surface area (Å²) in [5, 5.41) is 1.83. The van der Waals surface area contributed by atoms with Crippen molar-refractivity contribution in [2.45, 2.75) is 37.7 Å². The third-order valence-corrected chi connectivity index (χ3v) is 5.21. The maximum absolute atomic E-state index is 12.5. The van der Waals surface area contributed by atoms with Crippen LogP contribution in [0.1, 0.15) is 31.3 Å². The van der Waals surface area contributed by atoms with Crippen LogP contribution < -0.4 is 4.74 Å². The highest BCUT2D eigenvalue weighted by Gasteiger charge is 2.24. The van der Waals surface area contributed by atoms with Gasteiger partial charge in [-0.1, -0.05) is 43.8 Å². The fraction of sp³-hybridized carbons (Fsp3) is 0.409. The van der Waals surface area contributed by atoms with Crippen molar-refractivity contribution < 1.29 is 14.3 Å². The lowest BCUT2D eigenvalue weighted by Gasteiger charge is -2.32. The predicted molar refractivity (Wildman–Crippen MR) is 114 cm³/mol. The molecule has 0 radical (unpaired) electrons. The molecular formula is C22H27N3O3S. The molecule has 0 aliphatic carbocycles. The highest BCUT2D eigenvalue weighted by Crippen LogP contribution is 2.19. The SMILES string of the molecule is Cc1cc(OCC2CN(C(=O)/C=C/Sc3ccccc3)CCO2)nc(C(C)C)n1. The number of aryl methyl sites for hydroxylation is 1. The molecule has 2 heterocycles. The van der Waals surface area contributed by atoms with Crippen molar-refractivity contribution in [1.82, 2.24) is 14.9 Å². The van der Waals surface area contributed by atoms with Crippen LogP contribution in [-0.2, 0) is 9.53 Å². The van der Waals surface area contributed by atoms with Crippen molar-refractivity contribution in [3.63, 3.8) is 0 Å². The Labute approximate surface area is 176 Å². The minimum absolute atomic E-state index is 0.0123. The average Bonchev–Trinajstić information content (AvgIpc) is 2.73. The Hall–Kier alpha value is -2.38. The van der Waals surface area contributed by atoms with Gasteiger partial charge in [0.2, 0.25) is 11.8 Å². The van der Waals surface area contributed by atoms with Gasteiger partial charge in [-0.3, -0.25) is 4.79 Å². The minimum atomic E-state index is -0.180. The molecule has 6 nitrogen and oxygen atoms in total. The Kier molecular flexibility index (Phi) is 7.66. The molecule has 1 aliphatic heterocycles. The third-order valence-electron chi connectivity index (χ3n) is 4.39. The molecule has 1 aromatic heterocycles. The van der Waals surface area contributed by atoms with E-state index >= 15 is 0 Å². The van der Waals surface area contributed by atoms with E-state index in [0.29, 0.717) is 32.2 Å². The van der Waals surface area contributed by atoms with E-state index in [1.54, 1.807) is 11.0 Å². The Balaban J connectivity index is 1.50. The molecule has 0 saturated carbocycles. The van der Waals surface area contributed by atoms with E-state index < -0.39 is 0 Å². The number of aromatic nitrogens is 2. The number of hydrogen-bond acceptors (Lipinski definition) is 6. The summed E-state index contributed by atoms with van der Waals surface area (Å²) in [5.41, 5.74) is 0.876. The molecule has 1 aromatic carbocycles. The average molecular weight is 414 g/mol. The Morgan fingerprint density at radius 3 is 2.90 bits per heavy atom. The second kappa shape index (κ2) is 10.4. The van der Waals surface area contributed by atoms with Gasteiger partial charge in [0.25, 0.3) is 0 Å². The smallest absolute Gasteiger partial charge is 0.247 e. The number of morpholine rings is 1. The molecule has 154 valence electrons. The lowest BCUT2D eigenvalue weighted by Crippen LogP contribution is -2.47. The number of amides is 1. The van der Waals surface area contributed by atoms with E-state index in [2.05, 4.69) is 23.8 Å². The highest BCUT2D eigenvalue weighted by molar-refractivity contribution is 8.02. The summed E-state index contributed by atoms with van der Waals surface area (Å²) in [4.78, 5) is 24.3. The van der Waals surface area contributed by atoms with Crippen molar-refractivity contribution in [2.24, 2.45) is 0 Å². The maximum Gasteiger partial charge on any atom is 0.247 e. The summed E-state index contributed by atoms with van der Waals surface area (Å²) in [5.74, 6) is 1.54. The van der Waals surface area contributed by atoms with Gasteiger partial charge in [-0.25, -0.2) is 4.98 Å². The number of benzene rings is 1. The number of nitrogens with zero attached hydrogens (tertiary/aromatic N) is 3. The Bertz CT molecular complexity index is 842. The molecule has 0 spiro atoms. The number of rotatable bonds is 7. The molecule has 1 fully saturated rings. The zero-order valence-electron chi connectivity index (χ0n) is 17.1. The first kappa shape index (κ1) is 21.3. The number of ether oxygens (including phenoxy) is 2. The van der Waals surface area contributed by atoms with Crippen LogP contribution in [0.2, 0.25) is 0 Å². The molecule has 0 N–H and O–H groups in total. The monoisotopic (exact) mass is 413 g/mol. The van der Waals surface area contributed by atoms with Crippen molar-refractivity contribution >= 4 is 17.7 Å². The summed E-state index contributed by atoms with van der Waals surface area (Å²) >= 11 is 1.53. The van der Waals surface area contributed by atoms with E-state index in [1.165, 1.54) is 11.8 Å². The molecule has 2 aromatic rings. The van der Waals surface area contributed by atoms with Gasteiger partial charge >= 0.3 is 0 Å².